The number of para-hydroxylation sites is 1. The fraction of sp³-hybridized carbons (Fsp3) is 0.158. The van der Waals surface area contributed by atoms with Gasteiger partial charge in [-0.15, -0.1) is 0 Å². The smallest absolute Gasteiger partial charge is 0.337 e. The number of anilines is 1. The maximum absolute atomic E-state index is 12.5. The summed E-state index contributed by atoms with van der Waals surface area (Å²) >= 11 is 0. The predicted molar refractivity (Wildman–Crippen MR) is 97.2 cm³/mol. The minimum Gasteiger partial charge on any atom is -0.465 e. The number of amides is 1. The van der Waals surface area contributed by atoms with Crippen molar-refractivity contribution in [2.45, 2.75) is 13.5 Å². The first-order chi connectivity index (χ1) is 12.5. The van der Waals surface area contributed by atoms with Gasteiger partial charge >= 0.3 is 5.97 Å². The number of carbonyl (C=O) groups is 2. The second kappa shape index (κ2) is 7.18. The summed E-state index contributed by atoms with van der Waals surface area (Å²) in [5.74, 6) is -0.821. The number of fused-ring (bicyclic) bond motifs is 1. The number of nitrogens with one attached hydrogen (secondary N) is 1. The lowest BCUT2D eigenvalue weighted by molar-refractivity contribution is -0.116. The van der Waals surface area contributed by atoms with E-state index in [-0.39, 0.29) is 18.0 Å². The molecule has 26 heavy (non-hydrogen) atoms. The molecule has 1 aromatic heterocycles. The molecule has 132 valence electrons. The van der Waals surface area contributed by atoms with Gasteiger partial charge in [0.25, 0.3) is 5.56 Å². The quantitative estimate of drug-likeness (QED) is 0.727. The van der Waals surface area contributed by atoms with E-state index in [1.165, 1.54) is 18.0 Å². The number of rotatable bonds is 4. The van der Waals surface area contributed by atoms with Gasteiger partial charge in [0, 0.05) is 5.69 Å². The van der Waals surface area contributed by atoms with Gasteiger partial charge in [-0.2, -0.15) is 0 Å². The molecular weight excluding hydrogens is 334 g/mol. The molecule has 0 aliphatic carbocycles. The van der Waals surface area contributed by atoms with Crippen LogP contribution in [0.2, 0.25) is 0 Å². The molecule has 0 atom stereocenters. The molecule has 0 radical (unpaired) electrons. The summed E-state index contributed by atoms with van der Waals surface area (Å²) in [6, 6.07) is 11.6. The number of aromatic nitrogens is 2. The van der Waals surface area contributed by atoms with Gasteiger partial charge in [-0.3, -0.25) is 14.2 Å². The molecule has 1 N–H and O–H groups in total. The summed E-state index contributed by atoms with van der Waals surface area (Å²) in [6.07, 6.45) is 1.37. The SMILES string of the molecule is COC(=O)c1ccc(NC(=O)Cn2cnc3c(C)cccc3c2=O)cc1. The molecule has 2 aromatic carbocycles. The number of benzene rings is 2. The second-order valence-corrected chi connectivity index (χ2v) is 5.77. The third-order valence-electron chi connectivity index (χ3n) is 3.96. The highest BCUT2D eigenvalue weighted by atomic mass is 16.5. The second-order valence-electron chi connectivity index (χ2n) is 5.77. The number of hydrogen-bond donors (Lipinski definition) is 1. The normalized spacial score (nSPS) is 10.5. The van der Waals surface area contributed by atoms with Crippen LogP contribution in [0.15, 0.2) is 53.6 Å². The Morgan fingerprint density at radius 3 is 2.58 bits per heavy atom. The van der Waals surface area contributed by atoms with E-state index >= 15 is 0 Å². The first-order valence-corrected chi connectivity index (χ1v) is 7.92. The minimum atomic E-state index is -0.452. The van der Waals surface area contributed by atoms with Crippen molar-refractivity contribution in [2.24, 2.45) is 0 Å². The number of carbonyl (C=O) groups excluding carboxylic acids is 2. The van der Waals surface area contributed by atoms with Crippen molar-refractivity contribution < 1.29 is 14.3 Å². The van der Waals surface area contributed by atoms with E-state index < -0.39 is 5.97 Å². The molecule has 7 nitrogen and oxygen atoms in total. The van der Waals surface area contributed by atoms with E-state index in [1.54, 1.807) is 36.4 Å². The lowest BCUT2D eigenvalue weighted by Crippen LogP contribution is -2.28. The van der Waals surface area contributed by atoms with E-state index in [9.17, 15) is 14.4 Å². The van der Waals surface area contributed by atoms with Crippen LogP contribution in [-0.2, 0) is 16.1 Å². The Morgan fingerprint density at radius 1 is 1.15 bits per heavy atom. The molecule has 3 aromatic rings. The number of aryl methyl sites for hydroxylation is 1. The summed E-state index contributed by atoms with van der Waals surface area (Å²) in [6.45, 7) is 1.72. The molecule has 0 saturated carbocycles. The average molecular weight is 351 g/mol. The average Bonchev–Trinajstić information content (AvgIpc) is 2.64. The zero-order chi connectivity index (χ0) is 18.7. The van der Waals surface area contributed by atoms with Crippen LogP contribution in [0.4, 0.5) is 5.69 Å². The molecule has 0 bridgehead atoms. The zero-order valence-electron chi connectivity index (χ0n) is 14.4. The van der Waals surface area contributed by atoms with Gasteiger partial charge < -0.3 is 10.1 Å². The molecule has 0 spiro atoms. The fourth-order valence-electron chi connectivity index (χ4n) is 2.61. The first-order valence-electron chi connectivity index (χ1n) is 7.92. The maximum Gasteiger partial charge on any atom is 0.337 e. The van der Waals surface area contributed by atoms with Gasteiger partial charge in [0.15, 0.2) is 0 Å². The van der Waals surface area contributed by atoms with E-state index in [0.717, 1.165) is 5.56 Å². The summed E-state index contributed by atoms with van der Waals surface area (Å²) in [5, 5.41) is 3.16. The van der Waals surface area contributed by atoms with Crippen LogP contribution in [0.1, 0.15) is 15.9 Å². The first kappa shape index (κ1) is 17.3. The van der Waals surface area contributed by atoms with Gasteiger partial charge in [-0.1, -0.05) is 12.1 Å². The Balaban J connectivity index is 1.76. The Kier molecular flexibility index (Phi) is 4.79. The number of ether oxygens (including phenoxy) is 1. The number of hydrogen-bond acceptors (Lipinski definition) is 5. The van der Waals surface area contributed by atoms with Crippen molar-refractivity contribution in [1.29, 1.82) is 0 Å². The summed E-state index contributed by atoms with van der Waals surface area (Å²) in [7, 11) is 1.30. The highest BCUT2D eigenvalue weighted by Gasteiger charge is 2.10. The molecule has 0 aliphatic rings. The van der Waals surface area contributed by atoms with E-state index in [4.69, 9.17) is 0 Å². The number of methoxy groups -OCH3 is 1. The van der Waals surface area contributed by atoms with Gasteiger partial charge in [0.1, 0.15) is 6.54 Å². The molecular formula is C19H17N3O4. The monoisotopic (exact) mass is 351 g/mol. The summed E-state index contributed by atoms with van der Waals surface area (Å²) in [4.78, 5) is 40.4. The summed E-state index contributed by atoms with van der Waals surface area (Å²) < 4.78 is 5.89. The van der Waals surface area contributed by atoms with Crippen LogP contribution >= 0.6 is 0 Å². The Hall–Kier alpha value is -3.48. The molecule has 0 fully saturated rings. The van der Waals surface area contributed by atoms with E-state index in [0.29, 0.717) is 22.2 Å². The van der Waals surface area contributed by atoms with Crippen molar-refractivity contribution in [3.05, 3.63) is 70.3 Å². The molecule has 7 heteroatoms. The molecule has 1 amide bonds. The minimum absolute atomic E-state index is 0.158. The van der Waals surface area contributed by atoms with Crippen molar-refractivity contribution >= 4 is 28.5 Å². The van der Waals surface area contributed by atoms with Gasteiger partial charge in [0.05, 0.1) is 29.9 Å². The highest BCUT2D eigenvalue weighted by Crippen LogP contribution is 2.12. The lowest BCUT2D eigenvalue weighted by atomic mass is 10.1. The molecule has 0 unspecified atom stereocenters. The van der Waals surface area contributed by atoms with Gasteiger partial charge in [-0.05, 0) is 42.8 Å². The van der Waals surface area contributed by atoms with Crippen molar-refractivity contribution in [3.63, 3.8) is 0 Å². The Bertz CT molecular complexity index is 1040. The van der Waals surface area contributed by atoms with Crippen LogP contribution in [0.5, 0.6) is 0 Å². The lowest BCUT2D eigenvalue weighted by Gasteiger charge is -2.09. The Morgan fingerprint density at radius 2 is 1.88 bits per heavy atom. The van der Waals surface area contributed by atoms with Crippen LogP contribution in [-0.4, -0.2) is 28.5 Å². The van der Waals surface area contributed by atoms with Crippen molar-refractivity contribution in [3.8, 4) is 0 Å². The van der Waals surface area contributed by atoms with Crippen molar-refractivity contribution in [2.75, 3.05) is 12.4 Å². The molecule has 3 rings (SSSR count). The Labute approximate surface area is 149 Å². The maximum atomic E-state index is 12.5. The highest BCUT2D eigenvalue weighted by molar-refractivity contribution is 5.93. The van der Waals surface area contributed by atoms with Crippen LogP contribution in [0.25, 0.3) is 10.9 Å². The van der Waals surface area contributed by atoms with Gasteiger partial charge in [-0.25, -0.2) is 9.78 Å². The predicted octanol–water partition coefficient (Wildman–Crippen LogP) is 2.13. The van der Waals surface area contributed by atoms with E-state index in [2.05, 4.69) is 15.0 Å². The largest absolute Gasteiger partial charge is 0.465 e. The van der Waals surface area contributed by atoms with Crippen LogP contribution in [0, 0.1) is 6.92 Å². The number of esters is 1. The third-order valence-corrected chi connectivity index (χ3v) is 3.96. The third kappa shape index (κ3) is 3.46. The van der Waals surface area contributed by atoms with Crippen molar-refractivity contribution in [1.82, 2.24) is 9.55 Å². The van der Waals surface area contributed by atoms with Crippen LogP contribution in [0.3, 0.4) is 0 Å². The number of nitrogens with zero attached hydrogens (tertiary/aromatic N) is 2. The standard InChI is InChI=1S/C19H17N3O4/c1-12-4-3-5-15-17(12)20-11-22(18(15)24)10-16(23)21-14-8-6-13(7-9-14)19(25)26-2/h3-9,11H,10H2,1-2H3,(H,21,23). The van der Waals surface area contributed by atoms with Crippen LogP contribution < -0.4 is 10.9 Å². The van der Waals surface area contributed by atoms with E-state index in [1.807, 2.05) is 13.0 Å². The zero-order valence-corrected chi connectivity index (χ0v) is 14.4. The fourth-order valence-corrected chi connectivity index (χ4v) is 2.61. The molecule has 0 aliphatic heterocycles. The molecule has 1 heterocycles. The topological polar surface area (TPSA) is 90.3 Å². The van der Waals surface area contributed by atoms with Gasteiger partial charge in [0.2, 0.25) is 5.91 Å². The molecule has 0 saturated heterocycles. The summed E-state index contributed by atoms with van der Waals surface area (Å²) in [5.41, 5.74) is 2.17.